The lowest BCUT2D eigenvalue weighted by atomic mass is 9.95. The van der Waals surface area contributed by atoms with Crippen LogP contribution in [0.3, 0.4) is 0 Å². The molecule has 0 spiro atoms. The highest BCUT2D eigenvalue weighted by atomic mass is 16.5. The molecule has 168 valence electrons. The van der Waals surface area contributed by atoms with E-state index in [4.69, 9.17) is 4.74 Å². The normalized spacial score (nSPS) is 20.5. The van der Waals surface area contributed by atoms with Crippen LogP contribution in [0, 0.1) is 0 Å². The molecule has 4 rings (SSSR count). The Hall–Kier alpha value is -2.61. The third-order valence-electron chi connectivity index (χ3n) is 6.42. The van der Waals surface area contributed by atoms with E-state index in [1.807, 2.05) is 17.0 Å². The number of fused-ring (bicyclic) bond motifs is 3. The van der Waals surface area contributed by atoms with Crippen LogP contribution in [0.4, 0.5) is 11.4 Å². The summed E-state index contributed by atoms with van der Waals surface area (Å²) in [5.74, 6) is -0.251. The van der Waals surface area contributed by atoms with E-state index in [0.717, 1.165) is 63.8 Å². The minimum Gasteiger partial charge on any atom is -0.385 e. The smallest absolute Gasteiger partial charge is 0.253 e. The van der Waals surface area contributed by atoms with Crippen LogP contribution >= 0.6 is 0 Å². The van der Waals surface area contributed by atoms with Gasteiger partial charge in [-0.05, 0) is 56.7 Å². The summed E-state index contributed by atoms with van der Waals surface area (Å²) in [6.07, 6.45) is 5.61. The monoisotopic (exact) mass is 428 g/mol. The van der Waals surface area contributed by atoms with Crippen molar-refractivity contribution in [3.8, 4) is 0 Å². The van der Waals surface area contributed by atoms with Crippen molar-refractivity contribution in [3.63, 3.8) is 0 Å². The Morgan fingerprint density at radius 1 is 1.10 bits per heavy atom. The number of nitrogens with zero attached hydrogens (tertiary/aromatic N) is 3. The summed E-state index contributed by atoms with van der Waals surface area (Å²) >= 11 is 0. The van der Waals surface area contributed by atoms with Gasteiger partial charge < -0.3 is 19.9 Å². The summed E-state index contributed by atoms with van der Waals surface area (Å²) in [6.45, 7) is 3.41. The zero-order valence-corrected chi connectivity index (χ0v) is 18.3. The maximum absolute atomic E-state index is 13.4. The second-order valence-corrected chi connectivity index (χ2v) is 8.53. The number of hydrogen-bond acceptors (Lipinski definition) is 5. The first kappa shape index (κ1) is 21.6. The van der Waals surface area contributed by atoms with Gasteiger partial charge in [0.15, 0.2) is 0 Å². The number of ether oxygens (including phenoxy) is 1. The summed E-state index contributed by atoms with van der Waals surface area (Å²) in [4.78, 5) is 44.5. The number of carbonyl (C=O) groups excluding carboxylic acids is 3. The minimum absolute atomic E-state index is 0.00233. The first-order chi connectivity index (χ1) is 15.1. The average molecular weight is 429 g/mol. The van der Waals surface area contributed by atoms with Crippen LogP contribution in [0.15, 0.2) is 18.2 Å². The predicted octanol–water partition coefficient (Wildman–Crippen LogP) is 1.78. The molecular weight excluding hydrogens is 396 g/mol. The lowest BCUT2D eigenvalue weighted by Crippen LogP contribution is -2.57. The summed E-state index contributed by atoms with van der Waals surface area (Å²) in [5, 5.41) is 2.87. The van der Waals surface area contributed by atoms with Crippen LogP contribution in [0.1, 0.15) is 48.9 Å². The molecule has 2 saturated heterocycles. The molecule has 1 N–H and O–H groups in total. The Bertz CT molecular complexity index is 837. The molecular formula is C23H32N4O4. The Morgan fingerprint density at radius 2 is 1.87 bits per heavy atom. The van der Waals surface area contributed by atoms with Crippen LogP contribution < -0.4 is 15.1 Å². The summed E-state index contributed by atoms with van der Waals surface area (Å²) in [5.41, 5.74) is 2.18. The second kappa shape index (κ2) is 9.68. The molecule has 8 heteroatoms. The molecule has 3 aliphatic heterocycles. The van der Waals surface area contributed by atoms with Crippen LogP contribution in [-0.2, 0) is 14.3 Å². The summed E-state index contributed by atoms with van der Waals surface area (Å²) in [6, 6.07) is 5.39. The zero-order valence-electron chi connectivity index (χ0n) is 18.3. The van der Waals surface area contributed by atoms with Crippen molar-refractivity contribution >= 4 is 29.1 Å². The molecule has 1 unspecified atom stereocenters. The maximum Gasteiger partial charge on any atom is 0.253 e. The quantitative estimate of drug-likeness (QED) is 0.670. The molecule has 1 aromatic rings. The number of rotatable bonds is 7. The van der Waals surface area contributed by atoms with Gasteiger partial charge in [-0.3, -0.25) is 19.3 Å². The van der Waals surface area contributed by atoms with Crippen molar-refractivity contribution in [2.45, 2.75) is 44.6 Å². The fourth-order valence-corrected chi connectivity index (χ4v) is 4.80. The van der Waals surface area contributed by atoms with Crippen molar-refractivity contribution in [2.75, 3.05) is 56.2 Å². The fourth-order valence-electron chi connectivity index (χ4n) is 4.80. The highest BCUT2D eigenvalue weighted by Gasteiger charge is 2.40. The van der Waals surface area contributed by atoms with Gasteiger partial charge in [0.25, 0.3) is 5.91 Å². The molecule has 31 heavy (non-hydrogen) atoms. The number of carbonyl (C=O) groups is 3. The SMILES string of the molecule is COCCCNC(=O)CN1C(=O)C2CCCCN2c2ccc(C(=O)N3CCCC3)cc21. The van der Waals surface area contributed by atoms with E-state index < -0.39 is 0 Å². The molecule has 3 aliphatic rings. The van der Waals surface area contributed by atoms with Gasteiger partial charge in [0.1, 0.15) is 12.6 Å². The van der Waals surface area contributed by atoms with E-state index in [9.17, 15) is 14.4 Å². The third-order valence-corrected chi connectivity index (χ3v) is 6.42. The van der Waals surface area contributed by atoms with Crippen LogP contribution in [0.25, 0.3) is 0 Å². The van der Waals surface area contributed by atoms with Gasteiger partial charge >= 0.3 is 0 Å². The van der Waals surface area contributed by atoms with E-state index in [0.29, 0.717) is 24.4 Å². The number of hydrogen-bond donors (Lipinski definition) is 1. The number of amides is 3. The predicted molar refractivity (Wildman–Crippen MR) is 118 cm³/mol. The molecule has 0 aromatic heterocycles. The molecule has 1 aromatic carbocycles. The van der Waals surface area contributed by atoms with E-state index in [1.165, 1.54) is 0 Å². The van der Waals surface area contributed by atoms with E-state index in [2.05, 4.69) is 10.2 Å². The molecule has 3 heterocycles. The summed E-state index contributed by atoms with van der Waals surface area (Å²) in [7, 11) is 1.63. The van der Waals surface area contributed by atoms with Crippen molar-refractivity contribution < 1.29 is 19.1 Å². The molecule has 2 fully saturated rings. The number of benzene rings is 1. The highest BCUT2D eigenvalue weighted by molar-refractivity contribution is 6.09. The topological polar surface area (TPSA) is 82.2 Å². The molecule has 3 amide bonds. The Balaban J connectivity index is 1.59. The molecule has 1 atom stereocenters. The fraction of sp³-hybridized carbons (Fsp3) is 0.609. The van der Waals surface area contributed by atoms with Crippen LogP contribution in [0.5, 0.6) is 0 Å². The van der Waals surface area contributed by atoms with Gasteiger partial charge in [0.05, 0.1) is 11.4 Å². The largest absolute Gasteiger partial charge is 0.385 e. The Kier molecular flexibility index (Phi) is 6.75. The molecule has 0 saturated carbocycles. The first-order valence-electron chi connectivity index (χ1n) is 11.4. The molecule has 0 radical (unpaired) electrons. The van der Waals surface area contributed by atoms with Crippen molar-refractivity contribution in [1.29, 1.82) is 0 Å². The highest BCUT2D eigenvalue weighted by Crippen LogP contribution is 2.40. The Morgan fingerprint density at radius 3 is 2.65 bits per heavy atom. The first-order valence-corrected chi connectivity index (χ1v) is 11.4. The zero-order chi connectivity index (χ0) is 21.8. The van der Waals surface area contributed by atoms with Crippen molar-refractivity contribution in [1.82, 2.24) is 10.2 Å². The number of anilines is 2. The van der Waals surface area contributed by atoms with E-state index >= 15 is 0 Å². The van der Waals surface area contributed by atoms with Gasteiger partial charge in [-0.1, -0.05) is 0 Å². The number of likely N-dealkylation sites (tertiary alicyclic amines) is 1. The maximum atomic E-state index is 13.4. The van der Waals surface area contributed by atoms with Gasteiger partial charge in [-0.2, -0.15) is 0 Å². The van der Waals surface area contributed by atoms with Gasteiger partial charge in [-0.15, -0.1) is 0 Å². The average Bonchev–Trinajstić information content (AvgIpc) is 3.34. The van der Waals surface area contributed by atoms with Crippen molar-refractivity contribution in [3.05, 3.63) is 23.8 Å². The Labute approximate surface area is 183 Å². The number of nitrogens with one attached hydrogen (secondary N) is 1. The lowest BCUT2D eigenvalue weighted by molar-refractivity contribution is -0.125. The molecule has 0 aliphatic carbocycles. The van der Waals surface area contributed by atoms with Gasteiger partial charge in [0.2, 0.25) is 11.8 Å². The number of piperidine rings is 1. The molecule has 8 nitrogen and oxygen atoms in total. The lowest BCUT2D eigenvalue weighted by Gasteiger charge is -2.45. The van der Waals surface area contributed by atoms with E-state index in [1.54, 1.807) is 18.1 Å². The standard InChI is InChI=1S/C23H32N4O4/c1-31-14-6-10-24-21(28)16-27-20-15-17(22(29)25-11-4-5-12-25)8-9-18(20)26-13-3-2-7-19(26)23(27)30/h8-9,15,19H,2-7,10-14,16H2,1H3,(H,24,28). The van der Waals surface area contributed by atoms with Gasteiger partial charge in [0, 0.05) is 45.5 Å². The molecule has 0 bridgehead atoms. The van der Waals surface area contributed by atoms with Gasteiger partial charge in [-0.25, -0.2) is 0 Å². The van der Waals surface area contributed by atoms with Crippen LogP contribution in [-0.4, -0.2) is 75.1 Å². The van der Waals surface area contributed by atoms with Crippen molar-refractivity contribution in [2.24, 2.45) is 0 Å². The minimum atomic E-state index is -0.234. The van der Waals surface area contributed by atoms with E-state index in [-0.39, 0.29) is 30.3 Å². The second-order valence-electron chi connectivity index (χ2n) is 8.53. The third kappa shape index (κ3) is 4.54. The van der Waals surface area contributed by atoms with Crippen LogP contribution in [0.2, 0.25) is 0 Å². The summed E-state index contributed by atoms with van der Waals surface area (Å²) < 4.78 is 5.02. The number of methoxy groups -OCH3 is 1.